The molecule has 0 unspecified atom stereocenters. The van der Waals surface area contributed by atoms with E-state index in [1.165, 1.54) is 0 Å². The minimum atomic E-state index is -1.81. The Morgan fingerprint density at radius 3 is 1.44 bits per heavy atom. The zero-order chi connectivity index (χ0) is 7.07. The molecule has 0 heterocycles. The predicted molar refractivity (Wildman–Crippen MR) is 26.0 cm³/mol. The fourth-order valence-electron chi connectivity index (χ4n) is 0.544. The molecule has 6 heteroatoms. The highest BCUT2D eigenvalue weighted by Gasteiger charge is 2.69. The van der Waals surface area contributed by atoms with Crippen LogP contribution in [0, 0.1) is 20.2 Å². The number of hydrogen-bond donors (Lipinski definition) is 0. The fraction of sp³-hybridized carbons (Fsp3) is 1.00. The minimum Gasteiger partial charge on any atom is -0.258 e. The Bertz CT molecular complexity index is 157. The summed E-state index contributed by atoms with van der Waals surface area (Å²) in [6.07, 6.45) is 0.153. The molecule has 0 radical (unpaired) electrons. The van der Waals surface area contributed by atoms with Gasteiger partial charge in [-0.1, -0.05) is 0 Å². The van der Waals surface area contributed by atoms with Gasteiger partial charge in [-0.25, -0.2) is 0 Å². The molecule has 0 spiro atoms. The molecule has 0 saturated heterocycles. The van der Waals surface area contributed by atoms with E-state index in [1.54, 1.807) is 0 Å². The monoisotopic (exact) mass is 132 g/mol. The molecule has 0 N–H and O–H groups in total. The molecule has 0 aromatic carbocycles. The van der Waals surface area contributed by atoms with E-state index in [0.29, 0.717) is 0 Å². The second-order valence-electron chi connectivity index (χ2n) is 2.00. The summed E-state index contributed by atoms with van der Waals surface area (Å²) in [5, 5.41) is 19.8. The van der Waals surface area contributed by atoms with Gasteiger partial charge in [0.15, 0.2) is 0 Å². The average Bonchev–Trinajstić information content (AvgIpc) is 2.40. The van der Waals surface area contributed by atoms with Gasteiger partial charge < -0.3 is 0 Å². The van der Waals surface area contributed by atoms with E-state index >= 15 is 0 Å². The first-order valence-electron chi connectivity index (χ1n) is 2.38. The lowest BCUT2D eigenvalue weighted by atomic mass is 10.6. The van der Waals surface area contributed by atoms with Crippen LogP contribution in [0.5, 0.6) is 0 Å². The van der Waals surface area contributed by atoms with Gasteiger partial charge in [0.1, 0.15) is 12.8 Å². The van der Waals surface area contributed by atoms with Gasteiger partial charge in [0.2, 0.25) is 0 Å². The van der Waals surface area contributed by atoms with Gasteiger partial charge in [0.25, 0.3) is 0 Å². The average molecular weight is 132 g/mol. The van der Waals surface area contributed by atoms with Crippen molar-refractivity contribution in [2.75, 3.05) is 0 Å². The molecule has 50 valence electrons. The maximum absolute atomic E-state index is 9.89. The van der Waals surface area contributed by atoms with E-state index < -0.39 is 15.5 Å². The van der Waals surface area contributed by atoms with Crippen LogP contribution in [0.15, 0.2) is 0 Å². The first-order chi connectivity index (χ1) is 4.09. The molecule has 9 heavy (non-hydrogen) atoms. The molecule has 0 atom stereocenters. The molecule has 0 aromatic heterocycles. The lowest BCUT2D eigenvalue weighted by molar-refractivity contribution is -0.763. The molecule has 0 amide bonds. The summed E-state index contributed by atoms with van der Waals surface area (Å²) in [5.74, 6) is 0. The summed E-state index contributed by atoms with van der Waals surface area (Å²) < 4.78 is 0. The van der Waals surface area contributed by atoms with E-state index in [2.05, 4.69) is 0 Å². The third kappa shape index (κ3) is 0.628. The Kier molecular flexibility index (Phi) is 0.920. The number of rotatable bonds is 2. The predicted octanol–water partition coefficient (Wildman–Crippen LogP) is 0.0299. The zero-order valence-corrected chi connectivity index (χ0v) is 4.44. The Labute approximate surface area is 49.8 Å². The molecule has 6 nitrogen and oxygen atoms in total. The minimum absolute atomic E-state index is 0.0764. The van der Waals surface area contributed by atoms with Gasteiger partial charge in [0.05, 0.1) is 9.85 Å². The van der Waals surface area contributed by atoms with Crippen LogP contribution in [0.3, 0.4) is 0 Å². The molecule has 1 aliphatic carbocycles. The Hall–Kier alpha value is -1.20. The van der Waals surface area contributed by atoms with Crippen LogP contribution < -0.4 is 0 Å². The van der Waals surface area contributed by atoms with Crippen molar-refractivity contribution in [2.24, 2.45) is 0 Å². The first kappa shape index (κ1) is 5.93. The van der Waals surface area contributed by atoms with Gasteiger partial charge in [-0.3, -0.25) is 20.2 Å². The Morgan fingerprint density at radius 1 is 1.11 bits per heavy atom. The lowest BCUT2D eigenvalue weighted by Gasteiger charge is -1.94. The van der Waals surface area contributed by atoms with Crippen molar-refractivity contribution in [3.8, 4) is 0 Å². The highest BCUT2D eigenvalue weighted by Crippen LogP contribution is 2.38. The summed E-state index contributed by atoms with van der Waals surface area (Å²) in [5.41, 5.74) is -1.81. The van der Waals surface area contributed by atoms with Gasteiger partial charge in [-0.05, 0) is 0 Å². The van der Waals surface area contributed by atoms with Gasteiger partial charge >= 0.3 is 5.66 Å². The highest BCUT2D eigenvalue weighted by molar-refractivity contribution is 4.82. The largest absolute Gasteiger partial charge is 0.459 e. The van der Waals surface area contributed by atoms with Crippen molar-refractivity contribution in [1.82, 2.24) is 0 Å². The summed E-state index contributed by atoms with van der Waals surface area (Å²) in [6, 6.07) is 0. The molecule has 1 aliphatic rings. The standard InChI is InChI=1S/C3H4N2O4/c6-4(7)3(1-2-3)5(8)9/h1-2H2. The maximum Gasteiger partial charge on any atom is 0.459 e. The van der Waals surface area contributed by atoms with Gasteiger partial charge in [0, 0.05) is 0 Å². The quantitative estimate of drug-likeness (QED) is 0.301. The molecule has 0 aliphatic heterocycles. The molecule has 0 bridgehead atoms. The number of nitro groups is 2. The van der Waals surface area contributed by atoms with Crippen LogP contribution in [0.4, 0.5) is 0 Å². The van der Waals surface area contributed by atoms with Crippen LogP contribution in [0.25, 0.3) is 0 Å². The molecule has 0 aromatic rings. The first-order valence-corrected chi connectivity index (χ1v) is 2.38. The second kappa shape index (κ2) is 1.40. The maximum atomic E-state index is 9.89. The fourth-order valence-corrected chi connectivity index (χ4v) is 0.544. The highest BCUT2D eigenvalue weighted by atomic mass is 16.7. The van der Waals surface area contributed by atoms with Crippen molar-refractivity contribution in [1.29, 1.82) is 0 Å². The van der Waals surface area contributed by atoms with E-state index in [-0.39, 0.29) is 12.8 Å². The van der Waals surface area contributed by atoms with Crippen LogP contribution >= 0.6 is 0 Å². The number of hydrogen-bond acceptors (Lipinski definition) is 4. The molecular weight excluding hydrogens is 128 g/mol. The molecule has 1 fully saturated rings. The second-order valence-corrected chi connectivity index (χ2v) is 2.00. The van der Waals surface area contributed by atoms with Crippen molar-refractivity contribution < 1.29 is 9.85 Å². The SMILES string of the molecule is O=[N+]([O-])C1([N+](=O)[O-])CC1. The van der Waals surface area contributed by atoms with Crippen molar-refractivity contribution in [2.45, 2.75) is 18.5 Å². The zero-order valence-electron chi connectivity index (χ0n) is 4.44. The molecule has 1 saturated carbocycles. The summed E-state index contributed by atoms with van der Waals surface area (Å²) in [6.45, 7) is 0. The van der Waals surface area contributed by atoms with Crippen LogP contribution in [-0.4, -0.2) is 15.5 Å². The van der Waals surface area contributed by atoms with Crippen molar-refractivity contribution in [3.63, 3.8) is 0 Å². The molecule has 1 rings (SSSR count). The topological polar surface area (TPSA) is 86.3 Å². The van der Waals surface area contributed by atoms with Crippen LogP contribution in [-0.2, 0) is 0 Å². The van der Waals surface area contributed by atoms with Crippen molar-refractivity contribution in [3.05, 3.63) is 20.2 Å². The van der Waals surface area contributed by atoms with E-state index in [0.717, 1.165) is 0 Å². The van der Waals surface area contributed by atoms with E-state index in [1.807, 2.05) is 0 Å². The Balaban J connectivity index is 2.75. The summed E-state index contributed by atoms with van der Waals surface area (Å²) in [7, 11) is 0. The number of nitrogens with zero attached hydrogens (tertiary/aromatic N) is 2. The lowest BCUT2D eigenvalue weighted by Crippen LogP contribution is -2.30. The van der Waals surface area contributed by atoms with Crippen LogP contribution in [0.1, 0.15) is 12.8 Å². The van der Waals surface area contributed by atoms with Crippen LogP contribution in [0.2, 0.25) is 0 Å². The molecular formula is C3H4N2O4. The van der Waals surface area contributed by atoms with Gasteiger partial charge in [-0.15, -0.1) is 0 Å². The third-order valence-electron chi connectivity index (χ3n) is 1.38. The smallest absolute Gasteiger partial charge is 0.258 e. The van der Waals surface area contributed by atoms with E-state index in [4.69, 9.17) is 0 Å². The van der Waals surface area contributed by atoms with Crippen molar-refractivity contribution >= 4 is 0 Å². The van der Waals surface area contributed by atoms with Gasteiger partial charge in [-0.2, -0.15) is 0 Å². The van der Waals surface area contributed by atoms with E-state index in [9.17, 15) is 20.2 Å². The summed E-state index contributed by atoms with van der Waals surface area (Å²) in [4.78, 5) is 18.1. The normalized spacial score (nSPS) is 20.9. The Morgan fingerprint density at radius 2 is 1.44 bits per heavy atom. The summed E-state index contributed by atoms with van der Waals surface area (Å²) >= 11 is 0. The third-order valence-corrected chi connectivity index (χ3v) is 1.38.